The molecule has 52 heavy (non-hydrogen) atoms. The van der Waals surface area contributed by atoms with Crippen molar-refractivity contribution in [1.82, 2.24) is 9.55 Å². The lowest BCUT2D eigenvalue weighted by Crippen LogP contribution is -2.33. The summed E-state index contributed by atoms with van der Waals surface area (Å²) in [7, 11) is 0. The fraction of sp³-hybridized carbons (Fsp3) is 0.178. The number of nitrogens with zero attached hydrogens (tertiary/aromatic N) is 4. The lowest BCUT2D eigenvalue weighted by molar-refractivity contribution is 0.483. The minimum Gasteiger partial charge on any atom is -0.457 e. The summed E-state index contributed by atoms with van der Waals surface area (Å²) in [6.07, 6.45) is 1.95. The molecule has 5 nitrogen and oxygen atoms in total. The molecular formula is C45H38N4OS2. The molecule has 256 valence electrons. The van der Waals surface area contributed by atoms with Gasteiger partial charge in [0.2, 0.25) is 0 Å². The van der Waals surface area contributed by atoms with Crippen molar-refractivity contribution in [1.29, 1.82) is 0 Å². The van der Waals surface area contributed by atoms with Gasteiger partial charge in [0.15, 0.2) is 0 Å². The van der Waals surface area contributed by atoms with Crippen molar-refractivity contribution in [2.75, 3.05) is 16.5 Å². The third-order valence-corrected chi connectivity index (χ3v) is 12.8. The monoisotopic (exact) mass is 714 g/mol. The molecule has 0 radical (unpaired) electrons. The van der Waals surface area contributed by atoms with E-state index in [-0.39, 0.29) is 5.41 Å². The van der Waals surface area contributed by atoms with Crippen LogP contribution in [-0.2, 0) is 5.41 Å². The lowest BCUT2D eigenvalue weighted by atomic mass is 9.88. The number of fused-ring (bicyclic) bond motifs is 10. The van der Waals surface area contributed by atoms with Gasteiger partial charge in [0.1, 0.15) is 22.3 Å². The SMILES string of the molecule is CC(C)N1CN(c2cccc(Oc3ccc4c5ccc6sc7ccccc7c6c5n(-c5cc(C(C)(C)C)ccn5)c4c3)c2)c2c1sc1ccccc21. The fourth-order valence-electron chi connectivity index (χ4n) is 7.82. The van der Waals surface area contributed by atoms with Crippen LogP contribution in [-0.4, -0.2) is 22.3 Å². The average Bonchev–Trinajstić information content (AvgIpc) is 3.89. The Morgan fingerprint density at radius 1 is 0.692 bits per heavy atom. The standard InChI is InChI=1S/C45H38N4OS2/c1-27(2)47-26-48(43-35-14-7-9-16-38(35)52-44(43)47)29-11-10-12-30(24-29)50-31-17-18-32-33-19-20-39-41(34-13-6-8-15-37(34)51-39)42(33)49(36(32)25-31)40-23-28(21-22-46-40)45(3,4)5/h6-25,27H,26H2,1-5H3. The third kappa shape index (κ3) is 4.83. The van der Waals surface area contributed by atoms with Crippen LogP contribution in [0.5, 0.6) is 11.5 Å². The highest BCUT2D eigenvalue weighted by Gasteiger charge is 2.33. The summed E-state index contributed by atoms with van der Waals surface area (Å²) in [6, 6.07) is 41.9. The fourth-order valence-corrected chi connectivity index (χ4v) is 10.3. The topological polar surface area (TPSA) is 33.5 Å². The molecule has 0 fully saturated rings. The lowest BCUT2D eigenvalue weighted by Gasteiger charge is -2.25. The Hall–Kier alpha value is -5.37. The number of thiophene rings is 2. The van der Waals surface area contributed by atoms with E-state index in [1.165, 1.54) is 62.8 Å². The van der Waals surface area contributed by atoms with Crippen LogP contribution >= 0.6 is 22.7 Å². The van der Waals surface area contributed by atoms with E-state index in [9.17, 15) is 0 Å². The molecule has 0 bridgehead atoms. The number of benzene rings is 5. The molecule has 0 amide bonds. The summed E-state index contributed by atoms with van der Waals surface area (Å²) in [5, 5.41) is 7.57. The van der Waals surface area contributed by atoms with Crippen molar-refractivity contribution < 1.29 is 4.74 Å². The molecule has 0 unspecified atom stereocenters. The second kappa shape index (κ2) is 11.6. The van der Waals surface area contributed by atoms with Crippen LogP contribution in [0.4, 0.5) is 16.4 Å². The zero-order chi connectivity index (χ0) is 35.3. The van der Waals surface area contributed by atoms with Crippen molar-refractivity contribution in [3.63, 3.8) is 0 Å². The maximum Gasteiger partial charge on any atom is 0.137 e. The van der Waals surface area contributed by atoms with Crippen LogP contribution in [0.1, 0.15) is 40.2 Å². The number of aromatic nitrogens is 2. The predicted octanol–water partition coefficient (Wildman–Crippen LogP) is 13.2. The van der Waals surface area contributed by atoms with Gasteiger partial charge in [-0.15, -0.1) is 22.7 Å². The van der Waals surface area contributed by atoms with Crippen LogP contribution in [0.15, 0.2) is 121 Å². The quantitative estimate of drug-likeness (QED) is 0.178. The molecule has 4 aromatic heterocycles. The third-order valence-electron chi connectivity index (χ3n) is 10.4. The van der Waals surface area contributed by atoms with Gasteiger partial charge in [-0.05, 0) is 79.4 Å². The van der Waals surface area contributed by atoms with Gasteiger partial charge in [-0.1, -0.05) is 69.3 Å². The molecule has 7 heteroatoms. The normalized spacial score (nSPS) is 13.5. The summed E-state index contributed by atoms with van der Waals surface area (Å²) in [6.45, 7) is 12.1. The van der Waals surface area contributed by atoms with E-state index in [0.717, 1.165) is 35.2 Å². The zero-order valence-electron chi connectivity index (χ0n) is 29.8. The van der Waals surface area contributed by atoms with Crippen molar-refractivity contribution >= 4 is 91.1 Å². The van der Waals surface area contributed by atoms with Crippen molar-refractivity contribution in [3.8, 4) is 17.3 Å². The van der Waals surface area contributed by atoms with Crippen LogP contribution in [0.3, 0.4) is 0 Å². The second-order valence-electron chi connectivity index (χ2n) is 15.1. The van der Waals surface area contributed by atoms with E-state index in [2.05, 4.69) is 164 Å². The van der Waals surface area contributed by atoms with Crippen LogP contribution in [0, 0.1) is 0 Å². The van der Waals surface area contributed by atoms with Gasteiger partial charge in [-0.2, -0.15) is 0 Å². The molecule has 0 spiro atoms. The first-order valence-corrected chi connectivity index (χ1v) is 19.6. The minimum absolute atomic E-state index is 0.0161. The molecule has 0 N–H and O–H groups in total. The first-order valence-electron chi connectivity index (χ1n) is 17.9. The summed E-state index contributed by atoms with van der Waals surface area (Å²) in [5.74, 6) is 2.51. The van der Waals surface area contributed by atoms with Gasteiger partial charge in [-0.25, -0.2) is 4.98 Å². The molecule has 10 rings (SSSR count). The Labute approximate surface area is 310 Å². The second-order valence-corrected chi connectivity index (χ2v) is 17.2. The Balaban J connectivity index is 1.12. The molecule has 0 aliphatic carbocycles. The largest absolute Gasteiger partial charge is 0.457 e. The summed E-state index contributed by atoms with van der Waals surface area (Å²) < 4.78 is 13.0. The summed E-state index contributed by atoms with van der Waals surface area (Å²) in [5.41, 5.74) is 5.90. The zero-order valence-corrected chi connectivity index (χ0v) is 31.5. The minimum atomic E-state index is -0.0161. The molecule has 0 saturated heterocycles. The number of anilines is 3. The number of hydrogen-bond donors (Lipinski definition) is 0. The van der Waals surface area contributed by atoms with Gasteiger partial charge in [0.05, 0.1) is 23.4 Å². The molecular weight excluding hydrogens is 677 g/mol. The highest BCUT2D eigenvalue weighted by atomic mass is 32.1. The Kier molecular flexibility index (Phi) is 6.98. The Bertz CT molecular complexity index is 2850. The number of rotatable bonds is 5. The van der Waals surface area contributed by atoms with Gasteiger partial charge in [0, 0.05) is 71.1 Å². The van der Waals surface area contributed by atoms with Gasteiger partial charge >= 0.3 is 0 Å². The molecule has 1 aliphatic heterocycles. The van der Waals surface area contributed by atoms with Gasteiger partial charge < -0.3 is 14.5 Å². The van der Waals surface area contributed by atoms with E-state index < -0.39 is 0 Å². The first kappa shape index (κ1) is 31.4. The molecule has 5 heterocycles. The van der Waals surface area contributed by atoms with Crippen LogP contribution in [0.2, 0.25) is 0 Å². The van der Waals surface area contributed by atoms with Gasteiger partial charge in [-0.3, -0.25) is 4.57 Å². The van der Waals surface area contributed by atoms with E-state index >= 15 is 0 Å². The molecule has 9 aromatic rings. The van der Waals surface area contributed by atoms with E-state index in [0.29, 0.717) is 6.04 Å². The highest BCUT2D eigenvalue weighted by Crippen LogP contribution is 2.52. The van der Waals surface area contributed by atoms with Crippen molar-refractivity contribution in [2.24, 2.45) is 0 Å². The molecule has 1 aliphatic rings. The average molecular weight is 715 g/mol. The number of hydrogen-bond acceptors (Lipinski definition) is 6. The van der Waals surface area contributed by atoms with Gasteiger partial charge in [0.25, 0.3) is 0 Å². The smallest absolute Gasteiger partial charge is 0.137 e. The maximum absolute atomic E-state index is 6.76. The first-order chi connectivity index (χ1) is 25.2. The molecule has 0 atom stereocenters. The van der Waals surface area contributed by atoms with Crippen LogP contribution in [0.25, 0.3) is 57.9 Å². The van der Waals surface area contributed by atoms with E-state index in [1.807, 2.05) is 28.9 Å². The highest BCUT2D eigenvalue weighted by molar-refractivity contribution is 7.26. The Morgan fingerprint density at radius 2 is 1.44 bits per heavy atom. The Morgan fingerprint density at radius 3 is 2.25 bits per heavy atom. The van der Waals surface area contributed by atoms with Crippen LogP contribution < -0.4 is 14.5 Å². The van der Waals surface area contributed by atoms with Crippen molar-refractivity contribution in [3.05, 3.63) is 127 Å². The van der Waals surface area contributed by atoms with Crippen molar-refractivity contribution in [2.45, 2.75) is 46.1 Å². The number of pyridine rings is 1. The molecule has 0 saturated carbocycles. The number of ether oxygens (including phenoxy) is 1. The summed E-state index contributed by atoms with van der Waals surface area (Å²) >= 11 is 3.73. The van der Waals surface area contributed by atoms with E-state index in [1.54, 1.807) is 0 Å². The maximum atomic E-state index is 6.76. The predicted molar refractivity (Wildman–Crippen MR) is 223 cm³/mol. The summed E-state index contributed by atoms with van der Waals surface area (Å²) in [4.78, 5) is 9.94. The van der Waals surface area contributed by atoms with E-state index in [4.69, 9.17) is 9.72 Å². The molecule has 5 aromatic carbocycles.